The number of furan rings is 1. The lowest BCUT2D eigenvalue weighted by atomic mass is 9.94. The van der Waals surface area contributed by atoms with Crippen LogP contribution in [0.5, 0.6) is 0 Å². The summed E-state index contributed by atoms with van der Waals surface area (Å²) in [4.78, 5) is 10.8. The SMILES string of the molecule is c1ccc(-c2cc3nc4c5ccc(-c6ccc7oc8ccccc8c7c6)c6c7ccccc7n(c4nc3cc2-c2ccccc2)c56)cc1. The molecule has 48 heavy (non-hydrogen) atoms. The van der Waals surface area contributed by atoms with Crippen LogP contribution in [0.3, 0.4) is 0 Å². The van der Waals surface area contributed by atoms with E-state index in [-0.39, 0.29) is 0 Å². The van der Waals surface area contributed by atoms with Gasteiger partial charge in [-0.2, -0.15) is 0 Å². The molecule has 0 saturated heterocycles. The van der Waals surface area contributed by atoms with Gasteiger partial charge in [-0.25, -0.2) is 9.97 Å². The predicted octanol–water partition coefficient (Wildman–Crippen LogP) is 11.7. The molecule has 11 rings (SSSR count). The molecule has 4 nitrogen and oxygen atoms in total. The van der Waals surface area contributed by atoms with E-state index in [0.717, 1.165) is 88.4 Å². The van der Waals surface area contributed by atoms with Gasteiger partial charge in [-0.3, -0.25) is 4.40 Å². The molecule has 0 aliphatic carbocycles. The summed E-state index contributed by atoms with van der Waals surface area (Å²) in [5.41, 5.74) is 14.6. The Morgan fingerprint density at radius 1 is 0.438 bits per heavy atom. The lowest BCUT2D eigenvalue weighted by molar-refractivity contribution is 0.669. The van der Waals surface area contributed by atoms with Crippen molar-refractivity contribution in [3.8, 4) is 33.4 Å². The number of hydrogen-bond acceptors (Lipinski definition) is 3. The van der Waals surface area contributed by atoms with Crippen LogP contribution < -0.4 is 0 Å². The summed E-state index contributed by atoms with van der Waals surface area (Å²) < 4.78 is 8.49. The van der Waals surface area contributed by atoms with E-state index in [2.05, 4.69) is 144 Å². The molecular formula is C44H25N3O. The second kappa shape index (κ2) is 9.50. The van der Waals surface area contributed by atoms with Crippen LogP contribution in [0.2, 0.25) is 0 Å². The van der Waals surface area contributed by atoms with Gasteiger partial charge in [-0.15, -0.1) is 0 Å². The zero-order chi connectivity index (χ0) is 31.3. The molecule has 0 N–H and O–H groups in total. The molecule has 0 atom stereocenters. The number of hydrogen-bond donors (Lipinski definition) is 0. The molecule has 0 spiro atoms. The summed E-state index contributed by atoms with van der Waals surface area (Å²) in [5, 5.41) is 5.79. The number of fused-ring (bicyclic) bond motifs is 10. The lowest BCUT2D eigenvalue weighted by Gasteiger charge is -2.12. The minimum absolute atomic E-state index is 0.878. The summed E-state index contributed by atoms with van der Waals surface area (Å²) in [6.45, 7) is 0. The molecule has 0 aliphatic rings. The zero-order valence-corrected chi connectivity index (χ0v) is 25.7. The van der Waals surface area contributed by atoms with E-state index in [1.165, 1.54) is 16.3 Å². The second-order valence-electron chi connectivity index (χ2n) is 12.6. The Morgan fingerprint density at radius 3 is 1.85 bits per heavy atom. The number of benzene rings is 7. The molecule has 4 heterocycles. The minimum Gasteiger partial charge on any atom is -0.456 e. The van der Waals surface area contributed by atoms with E-state index >= 15 is 0 Å². The fraction of sp³-hybridized carbons (Fsp3) is 0. The smallest absolute Gasteiger partial charge is 0.165 e. The first-order valence-electron chi connectivity index (χ1n) is 16.3. The minimum atomic E-state index is 0.878. The molecular weight excluding hydrogens is 587 g/mol. The number of nitrogens with zero attached hydrogens (tertiary/aromatic N) is 3. The molecule has 11 aromatic rings. The maximum Gasteiger partial charge on any atom is 0.165 e. The third-order valence-electron chi connectivity index (χ3n) is 9.93. The average molecular weight is 612 g/mol. The number of para-hydroxylation sites is 2. The van der Waals surface area contributed by atoms with Crippen LogP contribution in [0.15, 0.2) is 156 Å². The molecule has 4 aromatic heterocycles. The molecule has 7 aromatic carbocycles. The largest absolute Gasteiger partial charge is 0.456 e. The molecule has 0 radical (unpaired) electrons. The van der Waals surface area contributed by atoms with Crippen LogP contribution >= 0.6 is 0 Å². The molecule has 0 bridgehead atoms. The second-order valence-corrected chi connectivity index (χ2v) is 12.6. The first-order chi connectivity index (χ1) is 23.8. The van der Waals surface area contributed by atoms with Gasteiger partial charge in [-0.1, -0.05) is 109 Å². The van der Waals surface area contributed by atoms with Crippen molar-refractivity contribution in [3.63, 3.8) is 0 Å². The van der Waals surface area contributed by atoms with Gasteiger partial charge >= 0.3 is 0 Å². The van der Waals surface area contributed by atoms with Crippen molar-refractivity contribution in [1.82, 2.24) is 14.4 Å². The fourth-order valence-corrected chi connectivity index (χ4v) is 7.78. The van der Waals surface area contributed by atoms with Crippen molar-refractivity contribution < 1.29 is 4.42 Å². The molecule has 0 fully saturated rings. The Kier molecular flexibility index (Phi) is 5.08. The molecule has 0 saturated carbocycles. The molecule has 0 aliphatic heterocycles. The quantitative estimate of drug-likeness (QED) is 0.200. The highest BCUT2D eigenvalue weighted by Gasteiger charge is 2.23. The monoisotopic (exact) mass is 611 g/mol. The Morgan fingerprint density at radius 2 is 1.08 bits per heavy atom. The van der Waals surface area contributed by atoms with Gasteiger partial charge in [-0.05, 0) is 75.8 Å². The van der Waals surface area contributed by atoms with Crippen LogP contribution in [0.25, 0.3) is 105 Å². The van der Waals surface area contributed by atoms with Crippen LogP contribution in [0.4, 0.5) is 0 Å². The van der Waals surface area contributed by atoms with Crippen molar-refractivity contribution in [1.29, 1.82) is 0 Å². The van der Waals surface area contributed by atoms with Crippen LogP contribution in [0, 0.1) is 0 Å². The highest BCUT2D eigenvalue weighted by molar-refractivity contribution is 6.26. The van der Waals surface area contributed by atoms with Gasteiger partial charge in [0.1, 0.15) is 16.7 Å². The van der Waals surface area contributed by atoms with E-state index < -0.39 is 0 Å². The van der Waals surface area contributed by atoms with E-state index in [4.69, 9.17) is 14.4 Å². The first-order valence-corrected chi connectivity index (χ1v) is 16.3. The van der Waals surface area contributed by atoms with Crippen molar-refractivity contribution in [2.75, 3.05) is 0 Å². The Hall–Kier alpha value is -6.52. The van der Waals surface area contributed by atoms with Gasteiger partial charge in [0.25, 0.3) is 0 Å². The van der Waals surface area contributed by atoms with Gasteiger partial charge in [0.2, 0.25) is 0 Å². The van der Waals surface area contributed by atoms with Gasteiger partial charge in [0.05, 0.1) is 22.1 Å². The highest BCUT2D eigenvalue weighted by Crippen LogP contribution is 2.44. The van der Waals surface area contributed by atoms with Gasteiger partial charge in [0, 0.05) is 26.9 Å². The summed E-state index contributed by atoms with van der Waals surface area (Å²) in [5.74, 6) is 0. The van der Waals surface area contributed by atoms with Gasteiger partial charge in [0.15, 0.2) is 5.65 Å². The van der Waals surface area contributed by atoms with Crippen molar-refractivity contribution in [2.45, 2.75) is 0 Å². The summed E-state index contributed by atoms with van der Waals surface area (Å²) in [6, 6.07) is 53.5. The molecule has 222 valence electrons. The first kappa shape index (κ1) is 25.6. The molecule has 4 heteroatoms. The normalized spacial score (nSPS) is 12.2. The third-order valence-corrected chi connectivity index (χ3v) is 9.93. The third kappa shape index (κ3) is 3.49. The van der Waals surface area contributed by atoms with Gasteiger partial charge < -0.3 is 4.42 Å². The average Bonchev–Trinajstić information content (AvgIpc) is 3.80. The summed E-state index contributed by atoms with van der Waals surface area (Å²) in [7, 11) is 0. The number of rotatable bonds is 3. The molecule has 0 amide bonds. The lowest BCUT2D eigenvalue weighted by Crippen LogP contribution is -1.93. The topological polar surface area (TPSA) is 43.3 Å². The summed E-state index contributed by atoms with van der Waals surface area (Å²) in [6.07, 6.45) is 0. The van der Waals surface area contributed by atoms with Crippen molar-refractivity contribution in [2.24, 2.45) is 0 Å². The van der Waals surface area contributed by atoms with Crippen molar-refractivity contribution >= 4 is 71.3 Å². The van der Waals surface area contributed by atoms with E-state index in [9.17, 15) is 0 Å². The molecule has 0 unspecified atom stereocenters. The number of aromatic nitrogens is 3. The predicted molar refractivity (Wildman–Crippen MR) is 198 cm³/mol. The van der Waals surface area contributed by atoms with E-state index in [0.29, 0.717) is 0 Å². The van der Waals surface area contributed by atoms with Crippen LogP contribution in [-0.4, -0.2) is 14.4 Å². The van der Waals surface area contributed by atoms with Crippen molar-refractivity contribution in [3.05, 3.63) is 152 Å². The van der Waals surface area contributed by atoms with E-state index in [1.807, 2.05) is 12.1 Å². The zero-order valence-electron chi connectivity index (χ0n) is 25.7. The Bertz CT molecular complexity index is 3050. The van der Waals surface area contributed by atoms with E-state index in [1.54, 1.807) is 0 Å². The fourth-order valence-electron chi connectivity index (χ4n) is 7.78. The maximum atomic E-state index is 6.17. The van der Waals surface area contributed by atoms with Crippen LogP contribution in [-0.2, 0) is 0 Å². The maximum absolute atomic E-state index is 6.17. The Labute approximate surface area is 274 Å². The standard InChI is InChI=1S/C44H25N3O/c1-3-11-26(12-4-1)33-24-36-37(25-34(33)27-13-5-2-6-14-27)46-44-42(45-36)32-21-20-29(41-31-16-7-9-17-38(31)47(44)43(32)41)28-19-22-40-35(23-28)30-15-8-10-18-39(30)48-40/h1-25H. The Balaban J connectivity index is 1.23. The highest BCUT2D eigenvalue weighted by atomic mass is 16.3. The summed E-state index contributed by atoms with van der Waals surface area (Å²) >= 11 is 0. The van der Waals surface area contributed by atoms with Crippen LogP contribution in [0.1, 0.15) is 0 Å².